The van der Waals surface area contributed by atoms with Crippen molar-refractivity contribution in [2.24, 2.45) is 0 Å². The van der Waals surface area contributed by atoms with Gasteiger partial charge in [-0.25, -0.2) is 9.18 Å². The smallest absolute Gasteiger partial charge is 0.459 e. The summed E-state index contributed by atoms with van der Waals surface area (Å²) in [6, 6.07) is 1.67. The number of ether oxygens (including phenoxy) is 2. The van der Waals surface area contributed by atoms with Gasteiger partial charge in [0.1, 0.15) is 11.6 Å². The van der Waals surface area contributed by atoms with Gasteiger partial charge in [-0.15, -0.1) is 0 Å². The van der Waals surface area contributed by atoms with Crippen molar-refractivity contribution in [3.63, 3.8) is 0 Å². The van der Waals surface area contributed by atoms with E-state index in [1.807, 2.05) is 0 Å². The van der Waals surface area contributed by atoms with Crippen LogP contribution in [0.1, 0.15) is 6.92 Å². The molecule has 18 heavy (non-hydrogen) atoms. The molecule has 0 bridgehead atoms. The summed E-state index contributed by atoms with van der Waals surface area (Å²) in [6.07, 6.45) is -4.21. The second-order valence-corrected chi connectivity index (χ2v) is 4.30. The van der Waals surface area contributed by atoms with Crippen molar-refractivity contribution in [2.45, 2.75) is 13.0 Å². The van der Waals surface area contributed by atoms with Crippen LogP contribution in [0, 0.1) is 5.82 Å². The first kappa shape index (κ1) is 15.1. The number of carbonyl (C=O) groups excluding carboxylic acids is 1. The van der Waals surface area contributed by atoms with E-state index in [0.717, 1.165) is 6.07 Å². The molecule has 1 aromatic carbocycles. The predicted octanol–water partition coefficient (Wildman–Crippen LogP) is 3.78. The van der Waals surface area contributed by atoms with Gasteiger partial charge in [0.2, 0.25) is 0 Å². The summed E-state index contributed by atoms with van der Waals surface area (Å²) in [6.45, 7) is 1.14. The van der Waals surface area contributed by atoms with E-state index < -0.39 is 23.6 Å². The lowest BCUT2D eigenvalue weighted by Gasteiger charge is -2.17. The first-order valence-corrected chi connectivity index (χ1v) is 5.83. The van der Waals surface area contributed by atoms with Crippen LogP contribution in [0.15, 0.2) is 16.6 Å². The summed E-state index contributed by atoms with van der Waals surface area (Å²) in [4.78, 5) is 10.9. The molecule has 8 heteroatoms. The highest BCUT2D eigenvalue weighted by atomic mass is 79.9. The number of halogens is 5. The first-order valence-electron chi connectivity index (χ1n) is 4.66. The van der Waals surface area contributed by atoms with Crippen LogP contribution < -0.4 is 4.74 Å². The second-order valence-electron chi connectivity index (χ2n) is 3.04. The lowest BCUT2D eigenvalue weighted by atomic mass is 10.3. The Morgan fingerprint density at radius 2 is 2.11 bits per heavy atom. The Morgan fingerprint density at radius 1 is 1.50 bits per heavy atom. The summed E-state index contributed by atoms with van der Waals surface area (Å²) in [5, 5.41) is -0.270. The lowest BCUT2D eigenvalue weighted by molar-refractivity contribution is -0.216. The number of alkyl halides is 2. The van der Waals surface area contributed by atoms with Crippen molar-refractivity contribution in [3.8, 4) is 5.75 Å². The molecule has 0 radical (unpaired) electrons. The number of esters is 1. The van der Waals surface area contributed by atoms with Crippen molar-refractivity contribution in [1.82, 2.24) is 0 Å². The van der Waals surface area contributed by atoms with Crippen molar-refractivity contribution < 1.29 is 27.4 Å². The summed E-state index contributed by atoms with van der Waals surface area (Å²) < 4.78 is 47.8. The largest absolute Gasteiger partial charge is 0.502 e. The minimum Gasteiger partial charge on any atom is -0.459 e. The number of rotatable bonds is 4. The van der Waals surface area contributed by atoms with Crippen molar-refractivity contribution >= 4 is 33.5 Å². The van der Waals surface area contributed by atoms with Gasteiger partial charge >= 0.3 is 12.1 Å². The van der Waals surface area contributed by atoms with Gasteiger partial charge < -0.3 is 9.47 Å². The number of hydrogen-bond acceptors (Lipinski definition) is 3. The van der Waals surface area contributed by atoms with Crippen LogP contribution in [0.25, 0.3) is 0 Å². The van der Waals surface area contributed by atoms with Crippen LogP contribution in [0.4, 0.5) is 13.2 Å². The maximum absolute atomic E-state index is 13.2. The highest BCUT2D eigenvalue weighted by molar-refractivity contribution is 9.10. The van der Waals surface area contributed by atoms with Gasteiger partial charge in [-0.1, -0.05) is 11.6 Å². The van der Waals surface area contributed by atoms with E-state index in [-0.39, 0.29) is 16.1 Å². The number of hydrogen-bond donors (Lipinski definition) is 0. The Balaban J connectivity index is 2.97. The van der Waals surface area contributed by atoms with Gasteiger partial charge in [0.05, 0.1) is 16.1 Å². The molecule has 0 heterocycles. The summed E-state index contributed by atoms with van der Waals surface area (Å²) in [5.74, 6) is -3.36. The highest BCUT2D eigenvalue weighted by Crippen LogP contribution is 2.34. The van der Waals surface area contributed by atoms with Gasteiger partial charge in [-0.3, -0.25) is 0 Å². The van der Waals surface area contributed by atoms with Gasteiger partial charge in [-0.2, -0.15) is 8.78 Å². The fourth-order valence-electron chi connectivity index (χ4n) is 0.977. The minimum atomic E-state index is -4.21. The maximum atomic E-state index is 13.2. The van der Waals surface area contributed by atoms with Crippen molar-refractivity contribution in [3.05, 3.63) is 27.4 Å². The van der Waals surface area contributed by atoms with E-state index in [4.69, 9.17) is 11.6 Å². The second kappa shape index (κ2) is 5.79. The van der Waals surface area contributed by atoms with Crippen LogP contribution in [0.3, 0.4) is 0 Å². The highest BCUT2D eigenvalue weighted by Gasteiger charge is 2.44. The average molecular weight is 348 g/mol. The van der Waals surface area contributed by atoms with Gasteiger partial charge in [-0.05, 0) is 28.9 Å². The Hall–Kier alpha value is -0.950. The third-order valence-electron chi connectivity index (χ3n) is 1.73. The SMILES string of the molecule is CCOC(=O)C(F)(F)Oc1cc(F)c(Cl)cc1Br. The molecule has 0 spiro atoms. The molecule has 0 aliphatic rings. The summed E-state index contributed by atoms with van der Waals surface area (Å²) >= 11 is 8.29. The van der Waals surface area contributed by atoms with Gasteiger partial charge in [0.25, 0.3) is 0 Å². The fraction of sp³-hybridized carbons (Fsp3) is 0.300. The molecule has 3 nitrogen and oxygen atoms in total. The molecule has 0 fully saturated rings. The molecule has 0 atom stereocenters. The topological polar surface area (TPSA) is 35.5 Å². The molecular weight excluding hydrogens is 340 g/mol. The predicted molar refractivity (Wildman–Crippen MR) is 61.3 cm³/mol. The normalized spacial score (nSPS) is 11.2. The van der Waals surface area contributed by atoms with Crippen molar-refractivity contribution in [1.29, 1.82) is 0 Å². The van der Waals surface area contributed by atoms with Crippen LogP contribution in [-0.4, -0.2) is 18.7 Å². The minimum absolute atomic E-state index is 0.0159. The standard InChI is InChI=1S/C10H7BrClF3O3/c1-2-17-9(16)10(14,15)18-8-4-7(13)6(12)3-5(8)11/h3-4H,2H2,1H3. The van der Waals surface area contributed by atoms with Crippen LogP contribution in [-0.2, 0) is 9.53 Å². The van der Waals surface area contributed by atoms with Crippen LogP contribution in [0.5, 0.6) is 5.75 Å². The maximum Gasteiger partial charge on any atom is 0.502 e. The van der Waals surface area contributed by atoms with E-state index in [2.05, 4.69) is 25.4 Å². The molecule has 0 amide bonds. The molecule has 0 saturated heterocycles. The van der Waals surface area contributed by atoms with Gasteiger partial charge in [0, 0.05) is 6.07 Å². The molecule has 0 aromatic heterocycles. The van der Waals surface area contributed by atoms with E-state index in [1.165, 1.54) is 6.92 Å². The quantitative estimate of drug-likeness (QED) is 0.614. The first-order chi connectivity index (χ1) is 8.27. The molecule has 0 saturated carbocycles. The summed E-state index contributed by atoms with van der Waals surface area (Å²) in [7, 11) is 0. The summed E-state index contributed by atoms with van der Waals surface area (Å²) in [5.41, 5.74) is 0. The zero-order valence-electron chi connectivity index (χ0n) is 8.98. The lowest BCUT2D eigenvalue weighted by Crippen LogP contribution is -2.37. The van der Waals surface area contributed by atoms with E-state index in [0.29, 0.717) is 6.07 Å². The number of carbonyl (C=O) groups is 1. The Morgan fingerprint density at radius 3 is 2.67 bits per heavy atom. The third-order valence-corrected chi connectivity index (χ3v) is 2.64. The molecule has 1 aromatic rings. The zero-order chi connectivity index (χ0) is 13.9. The fourth-order valence-corrected chi connectivity index (χ4v) is 1.70. The number of benzene rings is 1. The van der Waals surface area contributed by atoms with Gasteiger partial charge in [0.15, 0.2) is 0 Å². The average Bonchev–Trinajstić information content (AvgIpc) is 2.26. The Kier molecular flexibility index (Phi) is 4.86. The van der Waals surface area contributed by atoms with E-state index in [9.17, 15) is 18.0 Å². The zero-order valence-corrected chi connectivity index (χ0v) is 11.3. The molecule has 0 N–H and O–H groups in total. The molecular formula is C10H7BrClF3O3. The molecule has 0 aliphatic carbocycles. The third kappa shape index (κ3) is 3.52. The van der Waals surface area contributed by atoms with Crippen LogP contribution in [0.2, 0.25) is 5.02 Å². The molecule has 0 unspecified atom stereocenters. The Labute approximate surface area is 114 Å². The monoisotopic (exact) mass is 346 g/mol. The molecule has 1 rings (SSSR count). The molecule has 0 aliphatic heterocycles. The van der Waals surface area contributed by atoms with Crippen molar-refractivity contribution in [2.75, 3.05) is 6.61 Å². The van der Waals surface area contributed by atoms with E-state index >= 15 is 0 Å². The van der Waals surface area contributed by atoms with E-state index in [1.54, 1.807) is 0 Å². The molecule has 100 valence electrons. The Bertz CT molecular complexity index is 468. The van der Waals surface area contributed by atoms with Crippen LogP contribution >= 0.6 is 27.5 Å².